The minimum Gasteiger partial charge on any atom is -0.506 e. The van der Waals surface area contributed by atoms with E-state index in [0.29, 0.717) is 0 Å². The van der Waals surface area contributed by atoms with E-state index in [-0.39, 0.29) is 0 Å². The number of hydrogen-bond donors (Lipinski definition) is 2. The third kappa shape index (κ3) is 2.03. The largest absolute Gasteiger partial charge is 0.506 e. The zero-order valence-corrected chi connectivity index (χ0v) is 7.71. The average molecular weight is 229 g/mol. The number of aromatic hydroxyl groups is 1. The van der Waals surface area contributed by atoms with Crippen LogP contribution in [-0.2, 0) is 6.18 Å². The normalized spacial score (nSPS) is 11.8. The van der Waals surface area contributed by atoms with Gasteiger partial charge in [-0.3, -0.25) is 0 Å². The smallest absolute Gasteiger partial charge is 0.417 e. The lowest BCUT2D eigenvalue weighted by Crippen LogP contribution is -2.06. The fourth-order valence-corrected chi connectivity index (χ4v) is 1.26. The first-order valence-corrected chi connectivity index (χ1v) is 3.94. The highest BCUT2D eigenvalue weighted by Crippen LogP contribution is 2.40. The predicted molar refractivity (Wildman–Crippen MR) is 45.4 cm³/mol. The Morgan fingerprint density at radius 2 is 1.85 bits per heavy atom. The van der Waals surface area contributed by atoms with Gasteiger partial charge in [0.1, 0.15) is 5.75 Å². The van der Waals surface area contributed by atoms with Gasteiger partial charge >= 0.3 is 6.18 Å². The van der Waals surface area contributed by atoms with Crippen molar-refractivity contribution in [1.29, 1.82) is 0 Å². The zero-order valence-electron chi connectivity index (χ0n) is 6.06. The topological polar surface area (TPSA) is 20.2 Å². The van der Waals surface area contributed by atoms with Gasteiger partial charge < -0.3 is 5.11 Å². The highest BCUT2D eigenvalue weighted by atomic mass is 35.5. The number of benzene rings is 1. The van der Waals surface area contributed by atoms with Crippen LogP contribution >= 0.6 is 24.2 Å². The molecule has 1 nitrogen and oxygen atoms in total. The Balaban J connectivity index is 3.35. The lowest BCUT2D eigenvalue weighted by Gasteiger charge is -2.10. The van der Waals surface area contributed by atoms with Gasteiger partial charge in [-0.15, -0.1) is 12.6 Å². The summed E-state index contributed by atoms with van der Waals surface area (Å²) in [5, 5.41) is 8.55. The quantitative estimate of drug-likeness (QED) is 0.653. The summed E-state index contributed by atoms with van der Waals surface area (Å²) in [5.74, 6) is -0.417. The van der Waals surface area contributed by atoms with Crippen LogP contribution in [0.4, 0.5) is 13.2 Å². The number of hydrogen-bond acceptors (Lipinski definition) is 2. The zero-order chi connectivity index (χ0) is 10.2. The van der Waals surface area contributed by atoms with Crippen LogP contribution in [-0.4, -0.2) is 5.11 Å². The minimum absolute atomic E-state index is 0.391. The van der Waals surface area contributed by atoms with Gasteiger partial charge in [-0.2, -0.15) is 13.2 Å². The fraction of sp³-hybridized carbons (Fsp3) is 0.143. The summed E-state index contributed by atoms with van der Waals surface area (Å²) in [6.07, 6.45) is -4.51. The molecule has 1 aromatic rings. The van der Waals surface area contributed by atoms with Gasteiger partial charge in [0, 0.05) is 4.90 Å². The second-order valence-electron chi connectivity index (χ2n) is 2.29. The molecule has 6 heteroatoms. The molecule has 0 aromatic heterocycles. The molecule has 0 saturated heterocycles. The number of phenols is 1. The maximum absolute atomic E-state index is 12.2. The Bertz CT molecular complexity index is 337. The number of halogens is 4. The highest BCUT2D eigenvalue weighted by molar-refractivity contribution is 7.80. The first-order valence-electron chi connectivity index (χ1n) is 3.11. The van der Waals surface area contributed by atoms with Crippen LogP contribution in [0.3, 0.4) is 0 Å². The number of phenolic OH excluding ortho intramolecular Hbond substituents is 1. The van der Waals surface area contributed by atoms with Crippen molar-refractivity contribution in [2.75, 3.05) is 0 Å². The van der Waals surface area contributed by atoms with Crippen LogP contribution in [0.2, 0.25) is 5.02 Å². The Kier molecular flexibility index (Phi) is 2.68. The number of alkyl halides is 3. The molecule has 1 N–H and O–H groups in total. The molecule has 0 unspecified atom stereocenters. The van der Waals surface area contributed by atoms with E-state index in [1.54, 1.807) is 0 Å². The molecule has 0 aliphatic rings. The van der Waals surface area contributed by atoms with E-state index in [4.69, 9.17) is 16.7 Å². The van der Waals surface area contributed by atoms with E-state index in [1.807, 2.05) is 0 Å². The van der Waals surface area contributed by atoms with Gasteiger partial charge in [0.2, 0.25) is 0 Å². The van der Waals surface area contributed by atoms with Crippen molar-refractivity contribution in [1.82, 2.24) is 0 Å². The summed E-state index contributed by atoms with van der Waals surface area (Å²) in [6.45, 7) is 0. The monoisotopic (exact) mass is 228 g/mol. The maximum atomic E-state index is 12.2. The summed E-state index contributed by atoms with van der Waals surface area (Å²) < 4.78 is 36.5. The average Bonchev–Trinajstić information content (AvgIpc) is 1.98. The van der Waals surface area contributed by atoms with Gasteiger partial charge in [-0.25, -0.2) is 0 Å². The Morgan fingerprint density at radius 3 is 2.31 bits per heavy atom. The van der Waals surface area contributed by atoms with Crippen molar-refractivity contribution in [3.63, 3.8) is 0 Å². The first kappa shape index (κ1) is 10.5. The van der Waals surface area contributed by atoms with E-state index < -0.39 is 27.4 Å². The van der Waals surface area contributed by atoms with E-state index in [2.05, 4.69) is 12.6 Å². The highest BCUT2D eigenvalue weighted by Gasteiger charge is 2.33. The van der Waals surface area contributed by atoms with Crippen LogP contribution in [0.15, 0.2) is 17.0 Å². The Hall–Kier alpha value is -0.550. The van der Waals surface area contributed by atoms with Crippen LogP contribution in [0, 0.1) is 0 Å². The summed E-state index contributed by atoms with van der Waals surface area (Å²) in [7, 11) is 0. The molecule has 72 valence electrons. The molecule has 1 rings (SSSR count). The second kappa shape index (κ2) is 3.31. The van der Waals surface area contributed by atoms with Crippen molar-refractivity contribution in [2.24, 2.45) is 0 Å². The molecule has 0 aliphatic carbocycles. The number of thiol groups is 1. The third-order valence-corrected chi connectivity index (χ3v) is 2.38. The van der Waals surface area contributed by atoms with Gasteiger partial charge in [0.25, 0.3) is 0 Å². The summed E-state index contributed by atoms with van der Waals surface area (Å²) in [4.78, 5) is -0.464. The molecule has 0 bridgehead atoms. The summed E-state index contributed by atoms with van der Waals surface area (Å²) >= 11 is 8.93. The maximum Gasteiger partial charge on any atom is 0.417 e. The molecule has 13 heavy (non-hydrogen) atoms. The lowest BCUT2D eigenvalue weighted by atomic mass is 10.2. The molecule has 0 saturated carbocycles. The van der Waals surface area contributed by atoms with E-state index in [0.717, 1.165) is 12.1 Å². The molecule has 0 atom stereocenters. The van der Waals surface area contributed by atoms with Gasteiger partial charge in [0.05, 0.1) is 10.6 Å². The van der Waals surface area contributed by atoms with Crippen molar-refractivity contribution < 1.29 is 18.3 Å². The minimum atomic E-state index is -4.51. The molecular formula is C7H4ClF3OS. The second-order valence-corrected chi connectivity index (χ2v) is 3.12. The Labute approximate surface area is 82.5 Å². The van der Waals surface area contributed by atoms with Gasteiger partial charge in [-0.05, 0) is 12.1 Å². The van der Waals surface area contributed by atoms with E-state index in [1.165, 1.54) is 0 Å². The molecule has 0 heterocycles. The van der Waals surface area contributed by atoms with Crippen LogP contribution in [0.25, 0.3) is 0 Å². The molecule has 0 spiro atoms. The van der Waals surface area contributed by atoms with Crippen molar-refractivity contribution in [2.45, 2.75) is 11.1 Å². The van der Waals surface area contributed by atoms with Crippen LogP contribution in [0.1, 0.15) is 5.56 Å². The SMILES string of the molecule is Oc1ccc(C(F)(F)F)c(S)c1Cl. The van der Waals surface area contributed by atoms with Gasteiger partial charge in [0.15, 0.2) is 0 Å². The first-order chi connectivity index (χ1) is 5.84. The lowest BCUT2D eigenvalue weighted by molar-refractivity contribution is -0.139. The standard InChI is InChI=1S/C7H4ClF3OS/c8-5-4(12)2-1-3(6(5)13)7(9,10)11/h1-2,12-13H. The molecule has 0 amide bonds. The van der Waals surface area contributed by atoms with Crippen molar-refractivity contribution in [3.05, 3.63) is 22.7 Å². The van der Waals surface area contributed by atoms with Crippen LogP contribution < -0.4 is 0 Å². The van der Waals surface area contributed by atoms with Gasteiger partial charge in [-0.1, -0.05) is 11.6 Å². The van der Waals surface area contributed by atoms with Crippen LogP contribution in [0.5, 0.6) is 5.75 Å². The molecule has 0 fully saturated rings. The molecule has 1 aromatic carbocycles. The van der Waals surface area contributed by atoms with Crippen molar-refractivity contribution >= 4 is 24.2 Å². The summed E-state index contributed by atoms with van der Waals surface area (Å²) in [6, 6.07) is 1.61. The van der Waals surface area contributed by atoms with E-state index in [9.17, 15) is 13.2 Å². The third-order valence-electron chi connectivity index (χ3n) is 1.40. The molecule has 0 aliphatic heterocycles. The number of rotatable bonds is 0. The Morgan fingerprint density at radius 1 is 1.31 bits per heavy atom. The summed E-state index contributed by atoms with van der Waals surface area (Å²) in [5.41, 5.74) is -0.960. The fourth-order valence-electron chi connectivity index (χ4n) is 0.783. The molecular weight excluding hydrogens is 225 g/mol. The van der Waals surface area contributed by atoms with E-state index >= 15 is 0 Å². The molecule has 0 radical (unpaired) electrons. The predicted octanol–water partition coefficient (Wildman–Crippen LogP) is 3.35. The van der Waals surface area contributed by atoms with Crippen molar-refractivity contribution in [3.8, 4) is 5.75 Å².